The highest BCUT2D eigenvalue weighted by atomic mass is 35.5. The Kier molecular flexibility index (Phi) is 6.80. The lowest BCUT2D eigenvalue weighted by Crippen LogP contribution is -2.14. The number of alkyl halides is 3. The van der Waals surface area contributed by atoms with Crippen LogP contribution in [0.4, 0.5) is 13.2 Å². The molecule has 0 bridgehead atoms. The molecular weight excluding hydrogens is 445 g/mol. The van der Waals surface area contributed by atoms with Crippen LogP contribution in [0.1, 0.15) is 35.3 Å². The van der Waals surface area contributed by atoms with Crippen LogP contribution >= 0.6 is 12.4 Å². The Morgan fingerprint density at radius 2 is 1.84 bits per heavy atom. The second-order valence-electron chi connectivity index (χ2n) is 7.70. The van der Waals surface area contributed by atoms with Crippen LogP contribution in [0.5, 0.6) is 5.75 Å². The van der Waals surface area contributed by atoms with Gasteiger partial charge in [0.05, 0.1) is 43.1 Å². The average Bonchev–Trinajstić information content (AvgIpc) is 2.92. The molecule has 0 N–H and O–H groups in total. The predicted molar refractivity (Wildman–Crippen MR) is 116 cm³/mol. The number of hydrogen-bond acceptors (Lipinski definition) is 5. The summed E-state index contributed by atoms with van der Waals surface area (Å²) in [4.78, 5) is 8.08. The third-order valence-corrected chi connectivity index (χ3v) is 5.25. The first-order valence-electron chi connectivity index (χ1n) is 9.97. The van der Waals surface area contributed by atoms with Gasteiger partial charge in [-0.3, -0.25) is 4.98 Å². The summed E-state index contributed by atoms with van der Waals surface area (Å²) in [5, 5.41) is 4.81. The van der Waals surface area contributed by atoms with Crippen LogP contribution < -0.4 is 4.74 Å². The molecule has 10 heteroatoms. The molecule has 1 aliphatic heterocycles. The van der Waals surface area contributed by atoms with E-state index >= 15 is 0 Å². The fraction of sp³-hybridized carbons (Fsp3) is 0.409. The Bertz CT molecular complexity index is 1110. The van der Waals surface area contributed by atoms with E-state index in [0.29, 0.717) is 25.1 Å². The molecule has 3 aromatic rings. The summed E-state index contributed by atoms with van der Waals surface area (Å²) in [6.45, 7) is 6.35. The summed E-state index contributed by atoms with van der Waals surface area (Å²) >= 11 is 0. The summed E-state index contributed by atoms with van der Waals surface area (Å²) in [5.74, 6) is -0.343. The Labute approximate surface area is 190 Å². The summed E-state index contributed by atoms with van der Waals surface area (Å²) in [5.41, 5.74) is 4.70. The van der Waals surface area contributed by atoms with Crippen LogP contribution in [-0.2, 0) is 23.8 Å². The Hall–Kier alpha value is -2.65. The van der Waals surface area contributed by atoms with Gasteiger partial charge >= 0.3 is 6.18 Å². The molecule has 32 heavy (non-hydrogen) atoms. The number of aromatic nitrogens is 4. The van der Waals surface area contributed by atoms with Crippen LogP contribution in [0.15, 0.2) is 24.4 Å². The van der Waals surface area contributed by atoms with Gasteiger partial charge in [0.25, 0.3) is 0 Å². The lowest BCUT2D eigenvalue weighted by atomic mass is 10.0. The molecule has 0 saturated heterocycles. The number of fused-ring (bicyclic) bond motifs is 1. The maximum absolute atomic E-state index is 13.3. The summed E-state index contributed by atoms with van der Waals surface area (Å²) in [7, 11) is 1.20. The first-order valence-corrected chi connectivity index (χ1v) is 9.97. The lowest BCUT2D eigenvalue weighted by Gasteiger charge is -2.14. The Morgan fingerprint density at radius 1 is 1.16 bits per heavy atom. The Morgan fingerprint density at radius 3 is 2.47 bits per heavy atom. The maximum atomic E-state index is 13.3. The molecule has 3 aromatic heterocycles. The van der Waals surface area contributed by atoms with E-state index in [9.17, 15) is 13.2 Å². The van der Waals surface area contributed by atoms with Crippen molar-refractivity contribution in [1.82, 2.24) is 19.7 Å². The minimum absolute atomic E-state index is 0. The molecule has 0 spiro atoms. The van der Waals surface area contributed by atoms with Crippen molar-refractivity contribution in [3.05, 3.63) is 52.7 Å². The molecule has 4 rings (SSSR count). The van der Waals surface area contributed by atoms with Gasteiger partial charge in [-0.1, -0.05) is 0 Å². The van der Waals surface area contributed by atoms with Crippen molar-refractivity contribution in [2.45, 2.75) is 45.9 Å². The number of rotatable bonds is 3. The fourth-order valence-electron chi connectivity index (χ4n) is 3.99. The van der Waals surface area contributed by atoms with Gasteiger partial charge < -0.3 is 9.47 Å². The van der Waals surface area contributed by atoms with Crippen molar-refractivity contribution < 1.29 is 22.6 Å². The standard InChI is InChI=1S/C22H23F3N4O2.ClH/c1-12-7-15(8-13(2)27-12)20-17-5-6-31-14(3)9-18(17)29(28-20)16-10-19(30-4)21(26-11-16)22(23,24)25;/h7-8,10-11,14H,5-6,9H2,1-4H3;1H/t14-;/m1./s1. The van der Waals surface area contributed by atoms with Gasteiger partial charge in [0, 0.05) is 35.0 Å². The molecule has 0 radical (unpaired) electrons. The first-order chi connectivity index (χ1) is 14.7. The highest BCUT2D eigenvalue weighted by Gasteiger charge is 2.37. The topological polar surface area (TPSA) is 62.1 Å². The van der Waals surface area contributed by atoms with Crippen LogP contribution in [0, 0.1) is 13.8 Å². The van der Waals surface area contributed by atoms with E-state index in [1.807, 2.05) is 32.9 Å². The van der Waals surface area contributed by atoms with E-state index in [1.54, 1.807) is 4.68 Å². The molecule has 1 aliphatic rings. The zero-order chi connectivity index (χ0) is 22.3. The number of aryl methyl sites for hydroxylation is 2. The van der Waals surface area contributed by atoms with Crippen LogP contribution in [-0.4, -0.2) is 39.6 Å². The second kappa shape index (κ2) is 9.07. The molecule has 1 atom stereocenters. The number of halogens is 4. The van der Waals surface area contributed by atoms with Gasteiger partial charge in [0.15, 0.2) is 11.4 Å². The van der Waals surface area contributed by atoms with Gasteiger partial charge in [0.2, 0.25) is 0 Å². The van der Waals surface area contributed by atoms with Gasteiger partial charge in [-0.2, -0.15) is 18.3 Å². The van der Waals surface area contributed by atoms with Crippen molar-refractivity contribution in [2.24, 2.45) is 0 Å². The number of methoxy groups -OCH3 is 1. The predicted octanol–water partition coefficient (Wildman–Crippen LogP) is 4.90. The van der Waals surface area contributed by atoms with E-state index in [-0.39, 0.29) is 24.3 Å². The molecular formula is C22H24ClF3N4O2. The van der Waals surface area contributed by atoms with E-state index in [2.05, 4.69) is 9.97 Å². The second-order valence-corrected chi connectivity index (χ2v) is 7.70. The summed E-state index contributed by atoms with van der Waals surface area (Å²) < 4.78 is 52.3. The molecule has 4 heterocycles. The maximum Gasteiger partial charge on any atom is 0.437 e. The third kappa shape index (κ3) is 4.59. The van der Waals surface area contributed by atoms with Crippen LogP contribution in [0.3, 0.4) is 0 Å². The monoisotopic (exact) mass is 468 g/mol. The number of hydrogen-bond donors (Lipinski definition) is 0. The minimum Gasteiger partial charge on any atom is -0.494 e. The van der Waals surface area contributed by atoms with E-state index in [0.717, 1.165) is 33.9 Å². The highest BCUT2D eigenvalue weighted by Crippen LogP contribution is 2.37. The van der Waals surface area contributed by atoms with Crippen molar-refractivity contribution >= 4 is 12.4 Å². The van der Waals surface area contributed by atoms with Crippen molar-refractivity contribution in [2.75, 3.05) is 13.7 Å². The van der Waals surface area contributed by atoms with Gasteiger partial charge in [0.1, 0.15) is 0 Å². The van der Waals surface area contributed by atoms with E-state index in [1.165, 1.54) is 19.4 Å². The third-order valence-electron chi connectivity index (χ3n) is 5.25. The molecule has 6 nitrogen and oxygen atoms in total. The van der Waals surface area contributed by atoms with Crippen molar-refractivity contribution in [3.8, 4) is 22.7 Å². The number of ether oxygens (including phenoxy) is 2. The highest BCUT2D eigenvalue weighted by molar-refractivity contribution is 5.85. The lowest BCUT2D eigenvalue weighted by molar-refractivity contribution is -0.142. The van der Waals surface area contributed by atoms with E-state index in [4.69, 9.17) is 14.6 Å². The molecule has 0 unspecified atom stereocenters. The average molecular weight is 469 g/mol. The summed E-state index contributed by atoms with van der Waals surface area (Å²) in [6, 6.07) is 5.24. The zero-order valence-corrected chi connectivity index (χ0v) is 19.0. The normalized spacial score (nSPS) is 16.2. The molecule has 0 fully saturated rings. The Balaban J connectivity index is 0.00000289. The molecule has 0 aliphatic carbocycles. The van der Waals surface area contributed by atoms with Crippen LogP contribution in [0.2, 0.25) is 0 Å². The molecule has 172 valence electrons. The SMILES string of the molecule is COc1cc(-n2nc(-c3cc(C)nc(C)c3)c3c2C[C@@H](C)OCC3)cnc1C(F)(F)F.Cl. The number of pyridine rings is 2. The van der Waals surface area contributed by atoms with Crippen LogP contribution in [0.25, 0.3) is 16.9 Å². The van der Waals surface area contributed by atoms with Gasteiger partial charge in [-0.25, -0.2) is 9.67 Å². The smallest absolute Gasteiger partial charge is 0.437 e. The van der Waals surface area contributed by atoms with Gasteiger partial charge in [-0.15, -0.1) is 12.4 Å². The largest absolute Gasteiger partial charge is 0.494 e. The van der Waals surface area contributed by atoms with Gasteiger partial charge in [-0.05, 0) is 39.3 Å². The van der Waals surface area contributed by atoms with E-state index < -0.39 is 11.9 Å². The minimum atomic E-state index is -4.61. The summed E-state index contributed by atoms with van der Waals surface area (Å²) in [6.07, 6.45) is -2.24. The number of nitrogens with zero attached hydrogens (tertiary/aromatic N) is 4. The van der Waals surface area contributed by atoms with Crippen molar-refractivity contribution in [1.29, 1.82) is 0 Å². The molecule has 0 saturated carbocycles. The molecule has 0 amide bonds. The fourth-order valence-corrected chi connectivity index (χ4v) is 3.99. The molecule has 0 aromatic carbocycles. The van der Waals surface area contributed by atoms with Crippen molar-refractivity contribution in [3.63, 3.8) is 0 Å². The quantitative estimate of drug-likeness (QED) is 0.547. The first kappa shape index (κ1) is 24.0. The zero-order valence-electron chi connectivity index (χ0n) is 18.2.